The molecule has 4 heterocycles. The molecule has 188 valence electrons. The molecule has 4 aromatic rings. The van der Waals surface area contributed by atoms with E-state index >= 15 is 0 Å². The fourth-order valence-electron chi connectivity index (χ4n) is 6.30. The van der Waals surface area contributed by atoms with E-state index in [0.29, 0.717) is 24.0 Å². The van der Waals surface area contributed by atoms with E-state index in [2.05, 4.69) is 15.6 Å². The van der Waals surface area contributed by atoms with Crippen LogP contribution in [0.15, 0.2) is 48.7 Å². The number of benzene rings is 2. The summed E-state index contributed by atoms with van der Waals surface area (Å²) in [6.07, 6.45) is 3.71. The second-order valence-corrected chi connectivity index (χ2v) is 10.3. The van der Waals surface area contributed by atoms with Crippen LogP contribution in [0.1, 0.15) is 64.9 Å². The van der Waals surface area contributed by atoms with Crippen molar-refractivity contribution < 1.29 is 23.4 Å². The molecule has 2 aromatic carbocycles. The van der Waals surface area contributed by atoms with Crippen LogP contribution in [0, 0.1) is 0 Å². The maximum atomic E-state index is 13.3. The van der Waals surface area contributed by atoms with Crippen molar-refractivity contribution in [1.29, 1.82) is 0 Å². The average molecular weight is 503 g/mol. The molecule has 0 spiro atoms. The van der Waals surface area contributed by atoms with E-state index < -0.39 is 12.2 Å². The van der Waals surface area contributed by atoms with Crippen LogP contribution in [0.3, 0.4) is 0 Å². The van der Waals surface area contributed by atoms with Gasteiger partial charge in [0, 0.05) is 36.4 Å². The minimum atomic E-state index is -3.00. The predicted octanol–water partition coefficient (Wildman–Crippen LogP) is 4.97. The van der Waals surface area contributed by atoms with Crippen molar-refractivity contribution >= 4 is 16.9 Å². The van der Waals surface area contributed by atoms with E-state index in [1.165, 1.54) is 6.07 Å². The summed E-state index contributed by atoms with van der Waals surface area (Å²) in [5.41, 5.74) is 5.18. The first kappa shape index (κ1) is 22.4. The number of aryl methyl sites for hydroxylation is 1. The van der Waals surface area contributed by atoms with E-state index in [9.17, 15) is 18.7 Å². The Balaban J connectivity index is 1.41. The van der Waals surface area contributed by atoms with Gasteiger partial charge in [-0.25, -0.2) is 4.98 Å². The highest BCUT2D eigenvalue weighted by atomic mass is 19.3. The van der Waals surface area contributed by atoms with Gasteiger partial charge in [0.25, 0.3) is 5.91 Å². The fourth-order valence-corrected chi connectivity index (χ4v) is 6.30. The third-order valence-corrected chi connectivity index (χ3v) is 8.10. The van der Waals surface area contributed by atoms with E-state index in [1.54, 1.807) is 37.2 Å². The number of imidazole rings is 1. The quantitative estimate of drug-likeness (QED) is 0.428. The first-order valence-electron chi connectivity index (χ1n) is 12.3. The van der Waals surface area contributed by atoms with Crippen molar-refractivity contribution in [3.63, 3.8) is 0 Å². The topological polar surface area (TPSA) is 80.5 Å². The highest BCUT2D eigenvalue weighted by Gasteiger charge is 2.45. The standard InChI is InChI=1S/C28H24F2N4O3/c1-28(36)9-8-15-10-16(13-31-24(15)28)14-6-7-18-19(11-14)34-20-12-21(25(34)32-18)33(2)26(35)17-4-3-5-22(23(17)20)37-27(29)30/h3-7,10-11,13,20-21,27,36H,8-9,12H2,1-2H3/t20-,21?,28?/m1/s1. The summed E-state index contributed by atoms with van der Waals surface area (Å²) in [6.45, 7) is -1.21. The van der Waals surface area contributed by atoms with Crippen LogP contribution in [-0.2, 0) is 12.0 Å². The first-order valence-corrected chi connectivity index (χ1v) is 12.3. The monoisotopic (exact) mass is 502 g/mol. The van der Waals surface area contributed by atoms with Crippen molar-refractivity contribution in [1.82, 2.24) is 19.4 Å². The molecular formula is C28H24F2N4O3. The summed E-state index contributed by atoms with van der Waals surface area (Å²) in [6, 6.07) is 12.1. The lowest BCUT2D eigenvalue weighted by Crippen LogP contribution is -2.30. The SMILES string of the molecule is CN1C(=O)c2cccc(OC(F)F)c2[C@H]2CC1c1nc3ccc(-c4cnc5c(c4)CCC5(C)O)cc3n12. The Hall–Kier alpha value is -3.85. The Morgan fingerprint density at radius 3 is 2.81 bits per heavy atom. The number of ether oxygens (including phenoxy) is 1. The number of amides is 1. The average Bonchev–Trinajstić information content (AvgIpc) is 3.50. The molecule has 9 heteroatoms. The summed E-state index contributed by atoms with van der Waals surface area (Å²) in [5, 5.41) is 10.6. The first-order chi connectivity index (χ1) is 17.7. The summed E-state index contributed by atoms with van der Waals surface area (Å²) in [4.78, 5) is 24.4. The van der Waals surface area contributed by atoms with Crippen molar-refractivity contribution in [2.75, 3.05) is 7.05 Å². The van der Waals surface area contributed by atoms with Crippen LogP contribution in [0.25, 0.3) is 22.2 Å². The summed E-state index contributed by atoms with van der Waals surface area (Å²) < 4.78 is 33.6. The van der Waals surface area contributed by atoms with Crippen LogP contribution in [0.2, 0.25) is 0 Å². The molecule has 1 N–H and O–H groups in total. The zero-order valence-corrected chi connectivity index (χ0v) is 20.3. The second-order valence-electron chi connectivity index (χ2n) is 10.3. The number of alkyl halides is 2. The van der Waals surface area contributed by atoms with Crippen molar-refractivity contribution in [2.24, 2.45) is 0 Å². The maximum absolute atomic E-state index is 13.3. The van der Waals surface area contributed by atoms with Crippen LogP contribution >= 0.6 is 0 Å². The summed E-state index contributed by atoms with van der Waals surface area (Å²) in [5.74, 6) is 0.510. The number of carbonyl (C=O) groups excluding carboxylic acids is 1. The predicted molar refractivity (Wildman–Crippen MR) is 132 cm³/mol. The number of halogens is 2. The van der Waals surface area contributed by atoms with E-state index in [4.69, 9.17) is 9.72 Å². The molecule has 7 rings (SSSR count). The van der Waals surface area contributed by atoms with Crippen LogP contribution < -0.4 is 4.74 Å². The van der Waals surface area contributed by atoms with E-state index in [-0.39, 0.29) is 23.7 Å². The number of hydrogen-bond acceptors (Lipinski definition) is 5. The number of aromatic nitrogens is 3. The van der Waals surface area contributed by atoms with Gasteiger partial charge in [-0.15, -0.1) is 0 Å². The number of hydrogen-bond donors (Lipinski definition) is 1. The molecule has 2 unspecified atom stereocenters. The summed E-state index contributed by atoms with van der Waals surface area (Å²) in [7, 11) is 1.73. The molecule has 0 radical (unpaired) electrons. The molecule has 3 atom stereocenters. The Labute approximate surface area is 211 Å². The third-order valence-electron chi connectivity index (χ3n) is 8.10. The number of aliphatic hydroxyl groups is 1. The van der Waals surface area contributed by atoms with Gasteiger partial charge in [0.2, 0.25) is 0 Å². The normalized spacial score (nSPS) is 23.8. The number of carbonyl (C=O) groups is 1. The molecule has 0 saturated heterocycles. The second kappa shape index (κ2) is 7.58. The van der Waals surface area contributed by atoms with Gasteiger partial charge in [0.05, 0.1) is 28.8 Å². The molecular weight excluding hydrogens is 478 g/mol. The molecule has 7 nitrogen and oxygen atoms in total. The number of nitrogens with zero attached hydrogens (tertiary/aromatic N) is 4. The van der Waals surface area contributed by atoms with E-state index in [0.717, 1.165) is 45.7 Å². The van der Waals surface area contributed by atoms with Crippen LogP contribution in [0.4, 0.5) is 8.78 Å². The smallest absolute Gasteiger partial charge is 0.387 e. The lowest BCUT2D eigenvalue weighted by Gasteiger charge is -2.24. The Kier molecular flexibility index (Phi) is 4.58. The fraction of sp³-hybridized carbons (Fsp3) is 0.321. The Bertz CT molecular complexity index is 1610. The molecule has 2 aliphatic heterocycles. The molecule has 37 heavy (non-hydrogen) atoms. The van der Waals surface area contributed by atoms with Crippen molar-refractivity contribution in [2.45, 2.75) is 50.5 Å². The molecule has 3 aliphatic rings. The molecule has 1 aliphatic carbocycles. The third kappa shape index (κ3) is 3.16. The number of pyridine rings is 1. The lowest BCUT2D eigenvalue weighted by molar-refractivity contribution is -0.0507. The highest BCUT2D eigenvalue weighted by molar-refractivity contribution is 5.98. The zero-order valence-electron chi connectivity index (χ0n) is 20.3. The van der Waals surface area contributed by atoms with Gasteiger partial charge in [-0.3, -0.25) is 9.78 Å². The molecule has 1 amide bonds. The van der Waals surface area contributed by atoms with Gasteiger partial charge in [-0.2, -0.15) is 8.78 Å². The maximum Gasteiger partial charge on any atom is 0.387 e. The van der Waals surface area contributed by atoms with Gasteiger partial charge in [0.15, 0.2) is 0 Å². The van der Waals surface area contributed by atoms with Gasteiger partial charge < -0.3 is 19.3 Å². The van der Waals surface area contributed by atoms with Crippen LogP contribution in [-0.4, -0.2) is 44.1 Å². The van der Waals surface area contributed by atoms with Crippen molar-refractivity contribution in [3.8, 4) is 16.9 Å². The van der Waals surface area contributed by atoms with E-state index in [1.807, 2.05) is 18.2 Å². The molecule has 0 fully saturated rings. The minimum absolute atomic E-state index is 0.0145. The summed E-state index contributed by atoms with van der Waals surface area (Å²) >= 11 is 0. The number of fused-ring (bicyclic) bond motifs is 10. The van der Waals surface area contributed by atoms with Gasteiger partial charge in [-0.05, 0) is 61.2 Å². The molecule has 2 bridgehead atoms. The lowest BCUT2D eigenvalue weighted by atomic mass is 9.97. The largest absolute Gasteiger partial charge is 0.434 e. The minimum Gasteiger partial charge on any atom is -0.434 e. The van der Waals surface area contributed by atoms with Gasteiger partial charge in [-0.1, -0.05) is 12.1 Å². The van der Waals surface area contributed by atoms with Gasteiger partial charge in [0.1, 0.15) is 17.2 Å². The van der Waals surface area contributed by atoms with Crippen molar-refractivity contribution in [3.05, 3.63) is 76.9 Å². The Morgan fingerprint density at radius 2 is 2.00 bits per heavy atom. The molecule has 2 aromatic heterocycles. The zero-order chi connectivity index (χ0) is 25.6. The van der Waals surface area contributed by atoms with Crippen LogP contribution in [0.5, 0.6) is 5.75 Å². The highest BCUT2D eigenvalue weighted by Crippen LogP contribution is 2.50. The Morgan fingerprint density at radius 1 is 1.16 bits per heavy atom. The van der Waals surface area contributed by atoms with Gasteiger partial charge >= 0.3 is 6.61 Å². The number of rotatable bonds is 3. The molecule has 0 saturated carbocycles.